The first-order valence-electron chi connectivity index (χ1n) is 9.77. The number of hydrazine groups is 1. The van der Waals surface area contributed by atoms with Crippen LogP contribution < -0.4 is 5.84 Å². The molecule has 7 heteroatoms. The predicted molar refractivity (Wildman–Crippen MR) is 113 cm³/mol. The molecule has 7 nitrogen and oxygen atoms in total. The van der Waals surface area contributed by atoms with Gasteiger partial charge >= 0.3 is 11.9 Å². The number of Topliss-reactive ketones (excluding diaryl/α,β-unsaturated/α-hetero) is 1. The van der Waals surface area contributed by atoms with Crippen LogP contribution in [0.15, 0.2) is 65.8 Å². The molecule has 1 aliphatic rings. The van der Waals surface area contributed by atoms with Gasteiger partial charge in [0.2, 0.25) is 0 Å². The minimum Gasteiger partial charge on any atom is -0.457 e. The zero-order valence-electron chi connectivity index (χ0n) is 17.6. The third kappa shape index (κ3) is 6.50. The normalized spacial score (nSPS) is 14.9. The van der Waals surface area contributed by atoms with Crippen LogP contribution in [-0.2, 0) is 30.5 Å². The van der Waals surface area contributed by atoms with E-state index in [1.807, 2.05) is 57.2 Å². The molecule has 0 bridgehead atoms. The summed E-state index contributed by atoms with van der Waals surface area (Å²) in [6, 6.07) is 9.20. The maximum absolute atomic E-state index is 12.9. The molecule has 0 fully saturated rings. The molecule has 0 unspecified atom stereocenters. The zero-order valence-corrected chi connectivity index (χ0v) is 17.6. The van der Waals surface area contributed by atoms with E-state index >= 15 is 0 Å². The number of nitrogens with zero attached hydrogens (tertiary/aromatic N) is 1. The minimum absolute atomic E-state index is 0.0393. The molecule has 1 aromatic rings. The van der Waals surface area contributed by atoms with Crippen LogP contribution >= 0.6 is 0 Å². The number of rotatable bonds is 9. The third-order valence-electron chi connectivity index (χ3n) is 4.41. The highest BCUT2D eigenvalue weighted by atomic mass is 16.5. The van der Waals surface area contributed by atoms with E-state index in [0.717, 1.165) is 10.6 Å². The predicted octanol–water partition coefficient (Wildman–Crippen LogP) is 2.49. The van der Waals surface area contributed by atoms with Crippen molar-refractivity contribution < 1.29 is 23.9 Å². The summed E-state index contributed by atoms with van der Waals surface area (Å²) in [6.07, 6.45) is 6.55. The van der Waals surface area contributed by atoms with Crippen LogP contribution in [-0.4, -0.2) is 42.4 Å². The Bertz CT molecular complexity index is 869. The fraction of sp³-hybridized carbons (Fsp3) is 0.348. The lowest BCUT2D eigenvalue weighted by Gasteiger charge is -2.19. The topological polar surface area (TPSA) is 98.9 Å². The second-order valence-corrected chi connectivity index (χ2v) is 7.41. The van der Waals surface area contributed by atoms with Crippen molar-refractivity contribution in [3.63, 3.8) is 0 Å². The number of hydrogen-bond acceptors (Lipinski definition) is 6. The number of carbonyl (C=O) groups excluding carboxylic acids is 3. The third-order valence-corrected chi connectivity index (χ3v) is 4.41. The van der Waals surface area contributed by atoms with Crippen molar-refractivity contribution in [3.8, 4) is 0 Å². The van der Waals surface area contributed by atoms with E-state index in [2.05, 4.69) is 0 Å². The van der Waals surface area contributed by atoms with Gasteiger partial charge in [0.05, 0.1) is 18.7 Å². The highest BCUT2D eigenvalue weighted by Crippen LogP contribution is 2.29. The first kappa shape index (κ1) is 23.3. The van der Waals surface area contributed by atoms with E-state index in [0.29, 0.717) is 6.61 Å². The van der Waals surface area contributed by atoms with Crippen molar-refractivity contribution in [1.82, 2.24) is 5.01 Å². The van der Waals surface area contributed by atoms with Crippen LogP contribution in [0.3, 0.4) is 0 Å². The van der Waals surface area contributed by atoms with E-state index in [1.165, 1.54) is 6.08 Å². The number of amides is 1. The number of benzene rings is 1. The maximum Gasteiger partial charge on any atom is 0.338 e. The molecule has 1 aromatic carbocycles. The lowest BCUT2D eigenvalue weighted by Crippen LogP contribution is -2.44. The van der Waals surface area contributed by atoms with Gasteiger partial charge in [-0.05, 0) is 12.5 Å². The van der Waals surface area contributed by atoms with Crippen LogP contribution in [0, 0.1) is 5.41 Å². The smallest absolute Gasteiger partial charge is 0.338 e. The summed E-state index contributed by atoms with van der Waals surface area (Å²) in [6.45, 7) is 6.38. The van der Waals surface area contributed by atoms with Gasteiger partial charge in [0.15, 0.2) is 0 Å². The van der Waals surface area contributed by atoms with Gasteiger partial charge < -0.3 is 9.47 Å². The van der Waals surface area contributed by atoms with E-state index < -0.39 is 23.1 Å². The Morgan fingerprint density at radius 1 is 1.10 bits per heavy atom. The largest absolute Gasteiger partial charge is 0.457 e. The summed E-state index contributed by atoms with van der Waals surface area (Å²) in [4.78, 5) is 38.2. The first-order valence-corrected chi connectivity index (χ1v) is 9.77. The summed E-state index contributed by atoms with van der Waals surface area (Å²) in [5.41, 5.74) is 0.290. The van der Waals surface area contributed by atoms with Gasteiger partial charge in [-0.2, -0.15) is 0 Å². The Labute approximate surface area is 176 Å². The minimum atomic E-state index is -0.921. The van der Waals surface area contributed by atoms with E-state index in [4.69, 9.17) is 15.3 Å². The van der Waals surface area contributed by atoms with Crippen molar-refractivity contribution in [2.24, 2.45) is 11.3 Å². The molecule has 0 radical (unpaired) electrons. The number of carbonyl (C=O) groups is 3. The SMILES string of the molecule is CCOCCN(N)C(=O)C(=O)C1=CC=CC(C)(C)C=C1C(=O)OCc1ccccc1. The van der Waals surface area contributed by atoms with Gasteiger partial charge in [0.1, 0.15) is 6.61 Å². The van der Waals surface area contributed by atoms with E-state index in [-0.39, 0.29) is 30.9 Å². The number of allylic oxidation sites excluding steroid dienone is 4. The molecule has 30 heavy (non-hydrogen) atoms. The van der Waals surface area contributed by atoms with Crippen LogP contribution in [0.25, 0.3) is 0 Å². The van der Waals surface area contributed by atoms with Crippen LogP contribution in [0.1, 0.15) is 26.3 Å². The molecule has 0 saturated heterocycles. The quantitative estimate of drug-likeness (QED) is 0.167. The standard InChI is InChI=1S/C23H28N2O5/c1-4-29-14-13-25(24)21(27)20(26)18-11-8-12-23(2,3)15-19(18)22(28)30-16-17-9-6-5-7-10-17/h5-12,15H,4,13-14,16,24H2,1-3H3. The molecule has 2 N–H and O–H groups in total. The summed E-state index contributed by atoms with van der Waals surface area (Å²) < 4.78 is 10.6. The number of esters is 1. The molecule has 160 valence electrons. The fourth-order valence-electron chi connectivity index (χ4n) is 2.80. The highest BCUT2D eigenvalue weighted by molar-refractivity contribution is 6.44. The van der Waals surface area contributed by atoms with Gasteiger partial charge in [0, 0.05) is 17.6 Å². The van der Waals surface area contributed by atoms with Crippen LogP contribution in [0.5, 0.6) is 0 Å². The van der Waals surface area contributed by atoms with Crippen LogP contribution in [0.2, 0.25) is 0 Å². The molecule has 1 aliphatic carbocycles. The van der Waals surface area contributed by atoms with Crippen molar-refractivity contribution in [2.75, 3.05) is 19.8 Å². The van der Waals surface area contributed by atoms with Crippen LogP contribution in [0.4, 0.5) is 0 Å². The van der Waals surface area contributed by atoms with Gasteiger partial charge in [-0.1, -0.05) is 68.5 Å². The lowest BCUT2D eigenvalue weighted by atomic mass is 9.89. The van der Waals surface area contributed by atoms with E-state index in [1.54, 1.807) is 12.2 Å². The van der Waals surface area contributed by atoms with E-state index in [9.17, 15) is 14.4 Å². The molecule has 0 atom stereocenters. The van der Waals surface area contributed by atoms with Gasteiger partial charge in [-0.15, -0.1) is 0 Å². The van der Waals surface area contributed by atoms with Gasteiger partial charge in [0.25, 0.3) is 5.78 Å². The summed E-state index contributed by atoms with van der Waals surface area (Å²) in [5.74, 6) is 3.24. The molecule has 1 amide bonds. The average Bonchev–Trinajstić information content (AvgIpc) is 2.89. The summed E-state index contributed by atoms with van der Waals surface area (Å²) >= 11 is 0. The fourth-order valence-corrected chi connectivity index (χ4v) is 2.80. The summed E-state index contributed by atoms with van der Waals surface area (Å²) in [7, 11) is 0. The van der Waals surface area contributed by atoms with Gasteiger partial charge in [-0.25, -0.2) is 10.6 Å². The molecule has 0 heterocycles. The maximum atomic E-state index is 12.9. The molecule has 0 saturated carbocycles. The number of ether oxygens (including phenoxy) is 2. The summed E-state index contributed by atoms with van der Waals surface area (Å²) in [5, 5.41) is 0.797. The Balaban J connectivity index is 2.21. The second-order valence-electron chi connectivity index (χ2n) is 7.41. The Kier molecular flexibility index (Phi) is 8.26. The molecular formula is C23H28N2O5. The van der Waals surface area contributed by atoms with Crippen molar-refractivity contribution in [3.05, 3.63) is 71.3 Å². The Hall–Kier alpha value is -3.03. The van der Waals surface area contributed by atoms with Crippen molar-refractivity contribution in [2.45, 2.75) is 27.4 Å². The van der Waals surface area contributed by atoms with Crippen molar-refractivity contribution >= 4 is 17.7 Å². The Morgan fingerprint density at radius 2 is 1.80 bits per heavy atom. The zero-order chi connectivity index (χ0) is 22.1. The number of hydrogen-bond donors (Lipinski definition) is 1. The highest BCUT2D eigenvalue weighted by Gasteiger charge is 2.31. The number of nitrogens with two attached hydrogens (primary N) is 1. The Morgan fingerprint density at radius 3 is 2.47 bits per heavy atom. The monoisotopic (exact) mass is 412 g/mol. The van der Waals surface area contributed by atoms with Gasteiger partial charge in [-0.3, -0.25) is 14.6 Å². The molecule has 0 spiro atoms. The average molecular weight is 412 g/mol. The lowest BCUT2D eigenvalue weighted by molar-refractivity contribution is -0.144. The second kappa shape index (κ2) is 10.7. The molecule has 0 aliphatic heterocycles. The molecule has 2 rings (SSSR count). The molecule has 0 aromatic heterocycles. The van der Waals surface area contributed by atoms with Crippen molar-refractivity contribution in [1.29, 1.82) is 0 Å². The first-order chi connectivity index (χ1) is 14.2. The number of ketones is 1. The molecular weight excluding hydrogens is 384 g/mol.